The highest BCUT2D eigenvalue weighted by molar-refractivity contribution is 6.15. The van der Waals surface area contributed by atoms with Gasteiger partial charge in [0.05, 0.1) is 22.9 Å². The summed E-state index contributed by atoms with van der Waals surface area (Å²) in [6, 6.07) is 15.3. The van der Waals surface area contributed by atoms with Gasteiger partial charge in [-0.2, -0.15) is 5.26 Å². The Bertz CT molecular complexity index is 1090. The van der Waals surface area contributed by atoms with Crippen molar-refractivity contribution in [3.8, 4) is 6.07 Å². The fraction of sp³-hybridized carbons (Fsp3) is 0.304. The molecule has 0 saturated carbocycles. The number of esters is 1. The van der Waals surface area contributed by atoms with Gasteiger partial charge in [0.2, 0.25) is 11.6 Å². The van der Waals surface area contributed by atoms with Crippen LogP contribution in [-0.2, 0) is 20.9 Å². The van der Waals surface area contributed by atoms with Gasteiger partial charge in [-0.05, 0) is 43.7 Å². The third-order valence-electron chi connectivity index (χ3n) is 5.57. The van der Waals surface area contributed by atoms with Crippen LogP contribution in [0.15, 0.2) is 48.5 Å². The second-order valence-corrected chi connectivity index (χ2v) is 7.72. The van der Waals surface area contributed by atoms with Gasteiger partial charge in [0, 0.05) is 18.9 Å². The Morgan fingerprint density at radius 2 is 1.97 bits per heavy atom. The lowest BCUT2D eigenvalue weighted by Gasteiger charge is -2.50. The van der Waals surface area contributed by atoms with Crippen molar-refractivity contribution in [1.82, 2.24) is 4.90 Å². The molecule has 0 aromatic heterocycles. The molecule has 2 heterocycles. The van der Waals surface area contributed by atoms with Crippen LogP contribution in [0.1, 0.15) is 48.2 Å². The van der Waals surface area contributed by atoms with Crippen molar-refractivity contribution in [2.45, 2.75) is 45.0 Å². The third kappa shape index (κ3) is 2.84. The van der Waals surface area contributed by atoms with Crippen molar-refractivity contribution < 1.29 is 19.1 Å². The fourth-order valence-electron chi connectivity index (χ4n) is 4.37. The number of nitrogens with zero attached hydrogens (tertiary/aromatic N) is 3. The first-order chi connectivity index (χ1) is 14.4. The molecule has 0 spiro atoms. The summed E-state index contributed by atoms with van der Waals surface area (Å²) < 4.78 is 5.63. The lowest BCUT2D eigenvalue weighted by molar-refractivity contribution is -0.159. The minimum Gasteiger partial charge on any atom is -0.458 e. The van der Waals surface area contributed by atoms with Crippen LogP contribution in [0.4, 0.5) is 5.69 Å². The van der Waals surface area contributed by atoms with Gasteiger partial charge in [0.1, 0.15) is 6.61 Å². The van der Waals surface area contributed by atoms with E-state index in [2.05, 4.69) is 6.07 Å². The topological polar surface area (TPSA) is 90.7 Å². The molecule has 2 aromatic rings. The molecule has 2 aliphatic heterocycles. The molecule has 1 fully saturated rings. The first-order valence-corrected chi connectivity index (χ1v) is 9.82. The molecule has 30 heavy (non-hydrogen) atoms. The minimum atomic E-state index is -1.51. The Morgan fingerprint density at radius 1 is 1.20 bits per heavy atom. The molecular formula is C23H21N3O4. The molecule has 2 amide bonds. The van der Waals surface area contributed by atoms with Gasteiger partial charge in [-0.15, -0.1) is 0 Å². The molecule has 7 heteroatoms. The summed E-state index contributed by atoms with van der Waals surface area (Å²) in [5.41, 5.74) is 0.443. The minimum absolute atomic E-state index is 0.0556. The number of benzene rings is 2. The number of para-hydroxylation sites is 1. The van der Waals surface area contributed by atoms with Crippen molar-refractivity contribution in [2.24, 2.45) is 0 Å². The third-order valence-corrected chi connectivity index (χ3v) is 5.57. The van der Waals surface area contributed by atoms with Crippen LogP contribution >= 0.6 is 0 Å². The quantitative estimate of drug-likeness (QED) is 0.732. The number of carbonyl (C=O) groups excluding carboxylic acids is 3. The van der Waals surface area contributed by atoms with Crippen molar-refractivity contribution in [3.63, 3.8) is 0 Å². The van der Waals surface area contributed by atoms with Crippen LogP contribution < -0.4 is 4.90 Å². The van der Waals surface area contributed by atoms with Crippen molar-refractivity contribution >= 4 is 23.5 Å². The fourth-order valence-corrected chi connectivity index (χ4v) is 4.37. The number of ether oxygens (including phenoxy) is 1. The van der Waals surface area contributed by atoms with E-state index in [9.17, 15) is 14.4 Å². The van der Waals surface area contributed by atoms with Crippen LogP contribution in [0.5, 0.6) is 0 Å². The molecule has 7 nitrogen and oxygen atoms in total. The zero-order chi connectivity index (χ0) is 21.5. The van der Waals surface area contributed by atoms with E-state index < -0.39 is 11.6 Å². The maximum absolute atomic E-state index is 13.5. The number of carbonyl (C=O) groups is 3. The summed E-state index contributed by atoms with van der Waals surface area (Å²) >= 11 is 0. The van der Waals surface area contributed by atoms with E-state index in [1.165, 1.54) is 9.80 Å². The number of hydrogen-bond donors (Lipinski definition) is 0. The number of rotatable bonds is 4. The lowest BCUT2D eigenvalue weighted by atomic mass is 9.95. The van der Waals surface area contributed by atoms with E-state index in [0.29, 0.717) is 22.4 Å². The van der Waals surface area contributed by atoms with Crippen molar-refractivity contribution in [3.05, 3.63) is 65.2 Å². The summed E-state index contributed by atoms with van der Waals surface area (Å²) in [5, 5.41) is 9.07. The van der Waals surface area contributed by atoms with Crippen LogP contribution in [0.2, 0.25) is 0 Å². The second kappa shape index (κ2) is 7.30. The van der Waals surface area contributed by atoms with Gasteiger partial charge in [-0.25, -0.2) is 4.79 Å². The van der Waals surface area contributed by atoms with Gasteiger partial charge in [-0.1, -0.05) is 24.3 Å². The Balaban J connectivity index is 1.74. The Kier molecular flexibility index (Phi) is 4.78. The Labute approximate surface area is 174 Å². The number of hydrogen-bond acceptors (Lipinski definition) is 5. The maximum Gasteiger partial charge on any atom is 0.354 e. The van der Waals surface area contributed by atoms with Crippen LogP contribution in [-0.4, -0.2) is 34.4 Å². The number of nitriles is 1. The summed E-state index contributed by atoms with van der Waals surface area (Å²) in [7, 11) is 0. The number of anilines is 1. The molecule has 2 aromatic carbocycles. The summed E-state index contributed by atoms with van der Waals surface area (Å²) in [5.74, 6) is -1.16. The first-order valence-electron chi connectivity index (χ1n) is 9.82. The Hall–Kier alpha value is -3.66. The van der Waals surface area contributed by atoms with Gasteiger partial charge in [0.25, 0.3) is 5.91 Å². The van der Waals surface area contributed by atoms with E-state index in [1.54, 1.807) is 48.5 Å². The van der Waals surface area contributed by atoms with E-state index in [4.69, 9.17) is 10.00 Å². The molecule has 1 unspecified atom stereocenters. The lowest BCUT2D eigenvalue weighted by Crippen LogP contribution is -2.70. The molecular weight excluding hydrogens is 382 g/mol. The number of fused-ring (bicyclic) bond motifs is 3. The molecule has 0 aliphatic carbocycles. The highest BCUT2D eigenvalue weighted by atomic mass is 16.5. The largest absolute Gasteiger partial charge is 0.458 e. The summed E-state index contributed by atoms with van der Waals surface area (Å²) in [6.07, 6.45) is 0.311. The van der Waals surface area contributed by atoms with Crippen LogP contribution in [0.25, 0.3) is 0 Å². The first kappa shape index (κ1) is 19.6. The highest BCUT2D eigenvalue weighted by Crippen LogP contribution is 2.46. The van der Waals surface area contributed by atoms with E-state index in [1.807, 2.05) is 13.8 Å². The normalized spacial score (nSPS) is 20.1. The highest BCUT2D eigenvalue weighted by Gasteiger charge is 2.62. The summed E-state index contributed by atoms with van der Waals surface area (Å²) in [6.45, 7) is 3.58. The zero-order valence-corrected chi connectivity index (χ0v) is 16.8. The van der Waals surface area contributed by atoms with E-state index in [-0.39, 0.29) is 37.3 Å². The molecule has 0 radical (unpaired) electrons. The van der Waals surface area contributed by atoms with E-state index in [0.717, 1.165) is 0 Å². The van der Waals surface area contributed by atoms with Crippen LogP contribution in [0, 0.1) is 11.3 Å². The predicted molar refractivity (Wildman–Crippen MR) is 108 cm³/mol. The van der Waals surface area contributed by atoms with Gasteiger partial charge in [0.15, 0.2) is 0 Å². The molecule has 1 atom stereocenters. The SMILES string of the molecule is CC(C)N1C(=O)c2ccccc2N2C(=O)CCC21C(=O)OCc1cccc(C#N)c1. The van der Waals surface area contributed by atoms with Crippen LogP contribution in [0.3, 0.4) is 0 Å². The molecule has 2 aliphatic rings. The zero-order valence-electron chi connectivity index (χ0n) is 16.8. The van der Waals surface area contributed by atoms with Gasteiger partial charge in [-0.3, -0.25) is 14.5 Å². The van der Waals surface area contributed by atoms with Gasteiger partial charge < -0.3 is 9.64 Å². The summed E-state index contributed by atoms with van der Waals surface area (Å²) in [4.78, 5) is 42.5. The van der Waals surface area contributed by atoms with Crippen molar-refractivity contribution in [2.75, 3.05) is 4.90 Å². The smallest absolute Gasteiger partial charge is 0.354 e. The molecule has 1 saturated heterocycles. The average molecular weight is 403 g/mol. The molecule has 0 N–H and O–H groups in total. The monoisotopic (exact) mass is 403 g/mol. The second-order valence-electron chi connectivity index (χ2n) is 7.72. The van der Waals surface area contributed by atoms with E-state index >= 15 is 0 Å². The van der Waals surface area contributed by atoms with Gasteiger partial charge >= 0.3 is 5.97 Å². The molecule has 4 rings (SSSR count). The standard InChI is InChI=1S/C23H21N3O4/c1-15(2)25-21(28)18-8-3-4-9-19(18)26-20(27)10-11-23(25,26)22(29)30-14-17-7-5-6-16(12-17)13-24/h3-9,12,15H,10-11,14H2,1-2H3. The van der Waals surface area contributed by atoms with Crippen molar-refractivity contribution in [1.29, 1.82) is 5.26 Å². The number of amides is 2. The maximum atomic E-state index is 13.5. The average Bonchev–Trinajstić information content (AvgIpc) is 3.10. The predicted octanol–water partition coefficient (Wildman–Crippen LogP) is 2.99. The molecule has 152 valence electrons. The molecule has 0 bridgehead atoms. The Morgan fingerprint density at radius 3 is 2.70 bits per heavy atom.